The summed E-state index contributed by atoms with van der Waals surface area (Å²) in [5.74, 6) is 5.02. The van der Waals surface area contributed by atoms with Crippen LogP contribution in [0.1, 0.15) is 25.6 Å². The Morgan fingerprint density at radius 1 is 1.62 bits per heavy atom. The van der Waals surface area contributed by atoms with Gasteiger partial charge in [0.25, 0.3) is 0 Å². The van der Waals surface area contributed by atoms with Crippen LogP contribution in [-0.2, 0) is 6.42 Å². The molecule has 92 valence electrons. The van der Waals surface area contributed by atoms with E-state index in [4.69, 9.17) is 17.4 Å². The summed E-state index contributed by atoms with van der Waals surface area (Å²) in [6, 6.07) is 0.534. The Labute approximate surface area is 97.7 Å². The molecule has 16 heavy (non-hydrogen) atoms. The molecule has 7 heteroatoms. The van der Waals surface area contributed by atoms with Gasteiger partial charge in [0.1, 0.15) is 6.04 Å². The number of rotatable bonds is 5. The van der Waals surface area contributed by atoms with E-state index in [2.05, 4.69) is 5.10 Å². The second-order valence-electron chi connectivity index (χ2n) is 3.85. The van der Waals surface area contributed by atoms with Gasteiger partial charge in [0.15, 0.2) is 0 Å². The minimum Gasteiger partial charge on any atom is -0.271 e. The minimum atomic E-state index is -3.39. The fourth-order valence-electron chi connectivity index (χ4n) is 1.25. The van der Waals surface area contributed by atoms with Crippen LogP contribution in [0.4, 0.5) is 8.78 Å². The molecule has 0 bridgehead atoms. The van der Waals surface area contributed by atoms with Crippen molar-refractivity contribution in [2.24, 2.45) is 5.84 Å². The first-order chi connectivity index (χ1) is 7.34. The smallest absolute Gasteiger partial charge is 0.271 e. The molecule has 0 amide bonds. The van der Waals surface area contributed by atoms with Crippen LogP contribution in [0.3, 0.4) is 0 Å². The fraction of sp³-hybridized carbons (Fsp3) is 0.667. The van der Waals surface area contributed by atoms with Gasteiger partial charge in [-0.25, -0.2) is 5.43 Å². The summed E-state index contributed by atoms with van der Waals surface area (Å²) in [5, 5.41) is 0.748. The van der Waals surface area contributed by atoms with Crippen LogP contribution >= 0.6 is 11.6 Å². The molecule has 1 unspecified atom stereocenters. The predicted octanol–water partition coefficient (Wildman–Crippen LogP) is 1.67. The largest absolute Gasteiger partial charge is 0.338 e. The lowest BCUT2D eigenvalue weighted by Gasteiger charge is -2.19. The number of nitrogens with two attached hydrogens (primary N) is 1. The topological polar surface area (TPSA) is 55.9 Å². The summed E-state index contributed by atoms with van der Waals surface area (Å²) in [7, 11) is 0. The Bertz CT molecular complexity index is 334. The average Bonchev–Trinajstić information content (AvgIpc) is 2.60. The van der Waals surface area contributed by atoms with Crippen LogP contribution in [0.25, 0.3) is 0 Å². The summed E-state index contributed by atoms with van der Waals surface area (Å²) >= 11 is 4.91. The molecule has 0 spiro atoms. The second-order valence-corrected chi connectivity index (χ2v) is 4.35. The van der Waals surface area contributed by atoms with Crippen molar-refractivity contribution in [2.75, 3.05) is 0 Å². The Morgan fingerprint density at radius 3 is 2.62 bits per heavy atom. The van der Waals surface area contributed by atoms with Gasteiger partial charge >= 0.3 is 5.38 Å². The number of nitrogens with zero attached hydrogens (tertiary/aromatic N) is 2. The van der Waals surface area contributed by atoms with Gasteiger partial charge in [0, 0.05) is 18.7 Å². The highest BCUT2D eigenvalue weighted by Gasteiger charge is 2.36. The van der Waals surface area contributed by atoms with E-state index in [1.165, 1.54) is 0 Å². The first-order valence-electron chi connectivity index (χ1n) is 4.91. The van der Waals surface area contributed by atoms with Gasteiger partial charge in [0.05, 0.1) is 5.69 Å². The molecule has 1 aromatic heterocycles. The van der Waals surface area contributed by atoms with E-state index in [9.17, 15) is 8.78 Å². The number of alkyl halides is 3. The van der Waals surface area contributed by atoms with Gasteiger partial charge < -0.3 is 0 Å². The molecule has 1 rings (SSSR count). The highest BCUT2D eigenvalue weighted by Crippen LogP contribution is 2.25. The van der Waals surface area contributed by atoms with Gasteiger partial charge in [-0.05, 0) is 31.5 Å². The number of hydrogen-bond acceptors (Lipinski definition) is 3. The predicted molar refractivity (Wildman–Crippen MR) is 58.2 cm³/mol. The maximum absolute atomic E-state index is 12.8. The lowest BCUT2D eigenvalue weighted by Crippen LogP contribution is -2.47. The highest BCUT2D eigenvalue weighted by atomic mass is 35.5. The number of halogens is 3. The number of hydrazine groups is 1. The van der Waals surface area contributed by atoms with Crippen LogP contribution in [0.5, 0.6) is 0 Å². The number of aromatic nitrogens is 2. The fourth-order valence-corrected chi connectivity index (χ4v) is 1.39. The van der Waals surface area contributed by atoms with E-state index in [0.717, 1.165) is 0 Å². The third kappa shape index (κ3) is 3.40. The zero-order valence-corrected chi connectivity index (χ0v) is 9.88. The summed E-state index contributed by atoms with van der Waals surface area (Å²) in [6.45, 7) is 3.90. The van der Waals surface area contributed by atoms with Crippen molar-refractivity contribution in [3.05, 3.63) is 18.0 Å². The molecule has 1 atom stereocenters. The maximum atomic E-state index is 12.8. The summed E-state index contributed by atoms with van der Waals surface area (Å²) in [4.78, 5) is 0. The lowest BCUT2D eigenvalue weighted by molar-refractivity contribution is 0.0498. The minimum absolute atomic E-state index is 0.0211. The van der Waals surface area contributed by atoms with E-state index in [0.29, 0.717) is 5.69 Å². The quantitative estimate of drug-likeness (QED) is 0.476. The lowest BCUT2D eigenvalue weighted by atomic mass is 10.2. The standard InChI is InChI=1S/C9H15ClF2N4/c1-6(2)16-4-3-7(15-16)5-8(14-13)9(10,11)12/h3-4,6,8,14H,5,13H2,1-2H3. The molecule has 0 aliphatic rings. The van der Waals surface area contributed by atoms with Crippen molar-refractivity contribution in [1.82, 2.24) is 15.2 Å². The number of nitrogens with one attached hydrogen (secondary N) is 1. The van der Waals surface area contributed by atoms with Crippen LogP contribution in [0.2, 0.25) is 0 Å². The third-order valence-corrected chi connectivity index (χ3v) is 2.47. The molecular weight excluding hydrogens is 238 g/mol. The van der Waals surface area contributed by atoms with Crippen LogP contribution in [0.15, 0.2) is 12.3 Å². The van der Waals surface area contributed by atoms with E-state index in [1.54, 1.807) is 16.9 Å². The molecule has 0 aliphatic heterocycles. The molecule has 4 nitrogen and oxygen atoms in total. The first kappa shape index (κ1) is 13.3. The van der Waals surface area contributed by atoms with Crippen molar-refractivity contribution in [2.45, 2.75) is 37.7 Å². The van der Waals surface area contributed by atoms with Gasteiger partial charge in [-0.2, -0.15) is 13.9 Å². The molecule has 1 heterocycles. The van der Waals surface area contributed by atoms with Crippen molar-refractivity contribution in [3.8, 4) is 0 Å². The van der Waals surface area contributed by atoms with Crippen LogP contribution in [-0.4, -0.2) is 21.2 Å². The van der Waals surface area contributed by atoms with Crippen molar-refractivity contribution >= 4 is 11.6 Å². The average molecular weight is 253 g/mol. The monoisotopic (exact) mass is 252 g/mol. The normalized spacial score (nSPS) is 14.4. The molecule has 0 radical (unpaired) electrons. The Hall–Kier alpha value is -0.720. The van der Waals surface area contributed by atoms with Gasteiger partial charge in [0.2, 0.25) is 0 Å². The van der Waals surface area contributed by atoms with E-state index in [1.807, 2.05) is 19.3 Å². The molecule has 0 aliphatic carbocycles. The number of hydrogen-bond donors (Lipinski definition) is 2. The summed E-state index contributed by atoms with van der Waals surface area (Å²) < 4.78 is 27.3. The van der Waals surface area contributed by atoms with Gasteiger partial charge in [-0.1, -0.05) is 0 Å². The molecule has 0 fully saturated rings. The maximum Gasteiger partial charge on any atom is 0.338 e. The molecule has 1 aromatic rings. The van der Waals surface area contributed by atoms with E-state index < -0.39 is 11.4 Å². The molecule has 0 saturated carbocycles. The first-order valence-corrected chi connectivity index (χ1v) is 5.29. The second kappa shape index (κ2) is 5.07. The molecular formula is C9H15ClF2N4. The third-order valence-electron chi connectivity index (χ3n) is 2.20. The summed E-state index contributed by atoms with van der Waals surface area (Å²) in [5.41, 5.74) is 2.52. The van der Waals surface area contributed by atoms with E-state index in [-0.39, 0.29) is 12.5 Å². The van der Waals surface area contributed by atoms with Crippen molar-refractivity contribution in [1.29, 1.82) is 0 Å². The highest BCUT2D eigenvalue weighted by molar-refractivity contribution is 6.22. The Morgan fingerprint density at radius 2 is 2.25 bits per heavy atom. The van der Waals surface area contributed by atoms with Crippen molar-refractivity contribution in [3.63, 3.8) is 0 Å². The summed E-state index contributed by atoms with van der Waals surface area (Å²) in [6.07, 6.45) is 1.71. The van der Waals surface area contributed by atoms with Gasteiger partial charge in [-0.15, -0.1) is 0 Å². The van der Waals surface area contributed by atoms with E-state index >= 15 is 0 Å². The molecule has 3 N–H and O–H groups in total. The zero-order chi connectivity index (χ0) is 12.3. The molecule has 0 saturated heterocycles. The van der Waals surface area contributed by atoms with Crippen molar-refractivity contribution < 1.29 is 8.78 Å². The van der Waals surface area contributed by atoms with Gasteiger partial charge in [-0.3, -0.25) is 10.5 Å². The Kier molecular flexibility index (Phi) is 4.23. The van der Waals surface area contributed by atoms with Crippen LogP contribution < -0.4 is 11.3 Å². The zero-order valence-electron chi connectivity index (χ0n) is 9.12. The van der Waals surface area contributed by atoms with Crippen LogP contribution in [0, 0.1) is 0 Å². The SMILES string of the molecule is CC(C)n1ccc(CC(NN)C(F)(F)Cl)n1. The Balaban J connectivity index is 2.71. The molecule has 0 aromatic carbocycles.